The number of ether oxygens (including phenoxy) is 2. The van der Waals surface area contributed by atoms with Gasteiger partial charge in [0.1, 0.15) is 5.82 Å². The van der Waals surface area contributed by atoms with E-state index >= 15 is 0 Å². The number of hydrogen-bond acceptors (Lipinski definition) is 4. The first-order chi connectivity index (χ1) is 9.17. The van der Waals surface area contributed by atoms with E-state index in [1.54, 1.807) is 14.2 Å². The van der Waals surface area contributed by atoms with Crippen LogP contribution < -0.4 is 5.32 Å². The van der Waals surface area contributed by atoms with Gasteiger partial charge in [-0.05, 0) is 19.1 Å². The molecule has 0 radical (unpaired) electrons. The average Bonchev–Trinajstić information content (AvgIpc) is 2.78. The molecule has 0 aliphatic rings. The Bertz CT molecular complexity index is 534. The molecule has 19 heavy (non-hydrogen) atoms. The number of nitrogens with zero attached hydrogens (tertiary/aromatic N) is 2. The minimum Gasteiger partial charge on any atom is -0.355 e. The number of benzene rings is 1. The molecule has 104 valence electrons. The molecule has 5 nitrogen and oxygen atoms in total. The van der Waals surface area contributed by atoms with E-state index in [9.17, 15) is 0 Å². The molecular weight excluding hydrogens is 242 g/mol. The number of imidazole rings is 1. The summed E-state index contributed by atoms with van der Waals surface area (Å²) >= 11 is 0. The molecule has 0 aliphatic carbocycles. The Hall–Kier alpha value is -1.43. The van der Waals surface area contributed by atoms with Crippen LogP contribution >= 0.6 is 0 Å². The van der Waals surface area contributed by atoms with Gasteiger partial charge < -0.3 is 19.4 Å². The number of fused-ring (bicyclic) bond motifs is 1. The van der Waals surface area contributed by atoms with Gasteiger partial charge in [0.2, 0.25) is 0 Å². The number of aryl methyl sites for hydroxylation is 1. The molecule has 1 aromatic carbocycles. The third kappa shape index (κ3) is 2.94. The molecule has 0 fully saturated rings. The van der Waals surface area contributed by atoms with Gasteiger partial charge in [0.25, 0.3) is 0 Å². The second kappa shape index (κ2) is 6.14. The summed E-state index contributed by atoms with van der Waals surface area (Å²) < 4.78 is 12.4. The van der Waals surface area contributed by atoms with Crippen molar-refractivity contribution >= 4 is 11.0 Å². The van der Waals surface area contributed by atoms with Crippen molar-refractivity contribution in [1.29, 1.82) is 0 Å². The van der Waals surface area contributed by atoms with E-state index in [1.807, 2.05) is 25.2 Å². The predicted molar refractivity (Wildman–Crippen MR) is 74.9 cm³/mol. The van der Waals surface area contributed by atoms with Gasteiger partial charge in [-0.3, -0.25) is 0 Å². The highest BCUT2D eigenvalue weighted by Gasteiger charge is 2.15. The second-order valence-electron chi connectivity index (χ2n) is 4.55. The van der Waals surface area contributed by atoms with Crippen molar-refractivity contribution in [2.24, 2.45) is 7.05 Å². The second-order valence-corrected chi connectivity index (χ2v) is 4.55. The number of para-hydroxylation sites is 2. The SMILES string of the molecule is COC(CNC(C)c1nc2ccccc2n1C)OC. The summed E-state index contributed by atoms with van der Waals surface area (Å²) in [4.78, 5) is 4.66. The molecule has 0 saturated heterocycles. The normalized spacial score (nSPS) is 13.3. The molecule has 0 amide bonds. The summed E-state index contributed by atoms with van der Waals surface area (Å²) in [5.41, 5.74) is 2.16. The fourth-order valence-electron chi connectivity index (χ4n) is 2.18. The van der Waals surface area contributed by atoms with Crippen LogP contribution in [-0.4, -0.2) is 36.6 Å². The summed E-state index contributed by atoms with van der Waals surface area (Å²) in [6.45, 7) is 2.71. The number of nitrogens with one attached hydrogen (secondary N) is 1. The number of rotatable bonds is 6. The highest BCUT2D eigenvalue weighted by Crippen LogP contribution is 2.19. The van der Waals surface area contributed by atoms with Crippen molar-refractivity contribution < 1.29 is 9.47 Å². The molecule has 0 bridgehead atoms. The van der Waals surface area contributed by atoms with Crippen molar-refractivity contribution in [3.05, 3.63) is 30.1 Å². The standard InChI is InChI=1S/C14H21N3O2/c1-10(15-9-13(18-3)19-4)14-16-11-7-5-6-8-12(11)17(14)2/h5-8,10,13,15H,9H2,1-4H3. The predicted octanol–water partition coefficient (Wildman–Crippen LogP) is 1.84. The molecule has 2 rings (SSSR count). The molecule has 5 heteroatoms. The number of hydrogen-bond donors (Lipinski definition) is 1. The molecule has 1 N–H and O–H groups in total. The molecular formula is C14H21N3O2. The zero-order valence-electron chi connectivity index (χ0n) is 11.9. The maximum absolute atomic E-state index is 5.16. The summed E-state index contributed by atoms with van der Waals surface area (Å²) in [6, 6.07) is 8.26. The van der Waals surface area contributed by atoms with Crippen LogP contribution in [0.1, 0.15) is 18.8 Å². The van der Waals surface area contributed by atoms with Crippen LogP contribution in [0.5, 0.6) is 0 Å². The van der Waals surface area contributed by atoms with Crippen LogP contribution in [0.2, 0.25) is 0 Å². The first kappa shape index (κ1) is 14.0. The molecule has 1 aromatic heterocycles. The number of methoxy groups -OCH3 is 2. The van der Waals surface area contributed by atoms with Crippen LogP contribution in [0.4, 0.5) is 0 Å². The topological polar surface area (TPSA) is 48.3 Å². The average molecular weight is 263 g/mol. The van der Waals surface area contributed by atoms with Crippen LogP contribution in [-0.2, 0) is 16.5 Å². The summed E-state index contributed by atoms with van der Waals surface area (Å²) in [5.74, 6) is 1.01. The van der Waals surface area contributed by atoms with Gasteiger partial charge in [-0.2, -0.15) is 0 Å². The van der Waals surface area contributed by atoms with Crippen LogP contribution in [0, 0.1) is 0 Å². The molecule has 0 spiro atoms. The lowest BCUT2D eigenvalue weighted by atomic mass is 10.3. The quantitative estimate of drug-likeness (QED) is 0.808. The van der Waals surface area contributed by atoms with Crippen LogP contribution in [0.25, 0.3) is 11.0 Å². The van der Waals surface area contributed by atoms with E-state index in [1.165, 1.54) is 0 Å². The monoisotopic (exact) mass is 263 g/mol. The third-order valence-corrected chi connectivity index (χ3v) is 3.33. The molecule has 1 atom stereocenters. The van der Waals surface area contributed by atoms with Crippen molar-refractivity contribution in [3.63, 3.8) is 0 Å². The lowest BCUT2D eigenvalue weighted by molar-refractivity contribution is -0.0998. The Morgan fingerprint density at radius 2 is 1.95 bits per heavy atom. The van der Waals surface area contributed by atoms with Crippen LogP contribution in [0.3, 0.4) is 0 Å². The first-order valence-electron chi connectivity index (χ1n) is 6.37. The Morgan fingerprint density at radius 3 is 2.58 bits per heavy atom. The highest BCUT2D eigenvalue weighted by atomic mass is 16.7. The third-order valence-electron chi connectivity index (χ3n) is 3.33. The fourth-order valence-corrected chi connectivity index (χ4v) is 2.18. The van der Waals surface area contributed by atoms with Crippen molar-refractivity contribution in [2.75, 3.05) is 20.8 Å². The van der Waals surface area contributed by atoms with E-state index in [0.717, 1.165) is 16.9 Å². The van der Waals surface area contributed by atoms with Gasteiger partial charge in [-0.25, -0.2) is 4.98 Å². The van der Waals surface area contributed by atoms with Gasteiger partial charge in [-0.15, -0.1) is 0 Å². The maximum Gasteiger partial charge on any atom is 0.169 e. The first-order valence-corrected chi connectivity index (χ1v) is 6.37. The Labute approximate surface area is 113 Å². The lowest BCUT2D eigenvalue weighted by Gasteiger charge is -2.18. The summed E-state index contributed by atoms with van der Waals surface area (Å²) in [6.07, 6.45) is -0.239. The zero-order valence-corrected chi connectivity index (χ0v) is 11.9. The van der Waals surface area contributed by atoms with Crippen molar-refractivity contribution in [1.82, 2.24) is 14.9 Å². The fraction of sp³-hybridized carbons (Fsp3) is 0.500. The minimum atomic E-state index is -0.239. The Kier molecular flexibility index (Phi) is 4.52. The Balaban J connectivity index is 2.13. The summed E-state index contributed by atoms with van der Waals surface area (Å²) in [5, 5.41) is 3.37. The van der Waals surface area contributed by atoms with E-state index in [2.05, 4.69) is 27.9 Å². The molecule has 1 unspecified atom stereocenters. The summed E-state index contributed by atoms with van der Waals surface area (Å²) in [7, 11) is 5.30. The van der Waals surface area contributed by atoms with E-state index in [4.69, 9.17) is 9.47 Å². The van der Waals surface area contributed by atoms with Crippen LogP contribution in [0.15, 0.2) is 24.3 Å². The lowest BCUT2D eigenvalue weighted by Crippen LogP contribution is -2.32. The van der Waals surface area contributed by atoms with E-state index in [0.29, 0.717) is 6.54 Å². The molecule has 2 aromatic rings. The van der Waals surface area contributed by atoms with Gasteiger partial charge in [0.05, 0.1) is 17.1 Å². The van der Waals surface area contributed by atoms with Gasteiger partial charge in [0, 0.05) is 27.8 Å². The van der Waals surface area contributed by atoms with Crippen molar-refractivity contribution in [2.45, 2.75) is 19.3 Å². The molecule has 1 heterocycles. The Morgan fingerprint density at radius 1 is 1.26 bits per heavy atom. The van der Waals surface area contributed by atoms with Gasteiger partial charge in [-0.1, -0.05) is 12.1 Å². The maximum atomic E-state index is 5.16. The highest BCUT2D eigenvalue weighted by molar-refractivity contribution is 5.75. The largest absolute Gasteiger partial charge is 0.355 e. The number of aromatic nitrogens is 2. The molecule has 0 aliphatic heterocycles. The zero-order chi connectivity index (χ0) is 13.8. The van der Waals surface area contributed by atoms with Gasteiger partial charge in [0.15, 0.2) is 6.29 Å². The van der Waals surface area contributed by atoms with E-state index in [-0.39, 0.29) is 12.3 Å². The smallest absolute Gasteiger partial charge is 0.169 e. The molecule has 0 saturated carbocycles. The minimum absolute atomic E-state index is 0.130. The van der Waals surface area contributed by atoms with Gasteiger partial charge >= 0.3 is 0 Å². The van der Waals surface area contributed by atoms with Crippen molar-refractivity contribution in [3.8, 4) is 0 Å². The van der Waals surface area contributed by atoms with E-state index < -0.39 is 0 Å².